The molecule has 4 rings (SSSR count). The number of fused-ring (bicyclic) bond motifs is 1. The van der Waals surface area contributed by atoms with E-state index in [1.54, 1.807) is 6.20 Å². The quantitative estimate of drug-likeness (QED) is 0.848. The lowest BCUT2D eigenvalue weighted by molar-refractivity contribution is 0.0188. The number of ketones is 1. The zero-order valence-corrected chi connectivity index (χ0v) is 12.9. The highest BCUT2D eigenvalue weighted by atomic mass is 35.5. The number of hydrogen-bond acceptors (Lipinski definition) is 4. The maximum Gasteiger partial charge on any atom is 0.170 e. The van der Waals surface area contributed by atoms with Crippen LogP contribution in [0.4, 0.5) is 0 Å². The minimum absolute atomic E-state index is 0. The van der Waals surface area contributed by atoms with Gasteiger partial charge in [0.25, 0.3) is 0 Å². The number of nitrogens with zero attached hydrogens (tertiary/aromatic N) is 1. The molecule has 3 heterocycles. The number of aromatic amines is 1. The maximum absolute atomic E-state index is 12.6. The van der Waals surface area contributed by atoms with Crippen molar-refractivity contribution in [2.24, 2.45) is 0 Å². The Bertz CT molecular complexity index is 679. The summed E-state index contributed by atoms with van der Waals surface area (Å²) < 4.78 is 6.22. The number of nitrogens with one attached hydrogen (secondary N) is 2. The minimum atomic E-state index is -0.299. The fraction of sp³-hybridized carbons (Fsp3) is 0.375. The predicted octanol–water partition coefficient (Wildman–Crippen LogP) is 2.59. The summed E-state index contributed by atoms with van der Waals surface area (Å²) in [6.07, 6.45) is 5.84. The molecule has 2 aliphatic rings. The van der Waals surface area contributed by atoms with Crippen LogP contribution in [0.3, 0.4) is 0 Å². The summed E-state index contributed by atoms with van der Waals surface area (Å²) in [5.41, 5.74) is 2.36. The molecule has 1 fully saturated rings. The Morgan fingerprint density at radius 1 is 1.18 bits per heavy atom. The van der Waals surface area contributed by atoms with E-state index < -0.39 is 0 Å². The first-order valence-electron chi connectivity index (χ1n) is 7.32. The van der Waals surface area contributed by atoms with E-state index in [1.165, 1.54) is 0 Å². The van der Waals surface area contributed by atoms with Crippen LogP contribution in [0.15, 0.2) is 30.6 Å². The molecule has 0 unspecified atom stereocenters. The molecule has 5 nitrogen and oxygen atoms in total. The Kier molecular flexibility index (Phi) is 3.93. The molecule has 0 amide bonds. The van der Waals surface area contributed by atoms with E-state index in [4.69, 9.17) is 4.74 Å². The average molecular weight is 320 g/mol. The largest absolute Gasteiger partial charge is 0.486 e. The molecule has 0 atom stereocenters. The molecule has 1 saturated heterocycles. The second kappa shape index (κ2) is 5.74. The van der Waals surface area contributed by atoms with Gasteiger partial charge in [0, 0.05) is 24.6 Å². The van der Waals surface area contributed by atoms with E-state index in [0.29, 0.717) is 12.0 Å². The van der Waals surface area contributed by atoms with Crippen molar-refractivity contribution < 1.29 is 9.53 Å². The first-order chi connectivity index (χ1) is 10.3. The fourth-order valence-electron chi connectivity index (χ4n) is 3.24. The summed E-state index contributed by atoms with van der Waals surface area (Å²) in [6, 6.07) is 5.81. The molecule has 1 aromatic carbocycles. The Morgan fingerprint density at radius 3 is 2.73 bits per heavy atom. The monoisotopic (exact) mass is 319 g/mol. The van der Waals surface area contributed by atoms with E-state index in [0.717, 1.165) is 42.8 Å². The molecular weight excluding hydrogens is 302 g/mol. The van der Waals surface area contributed by atoms with Crippen molar-refractivity contribution in [3.63, 3.8) is 0 Å². The molecule has 0 bridgehead atoms. The van der Waals surface area contributed by atoms with Gasteiger partial charge in [0.05, 0.1) is 18.2 Å². The molecule has 0 aliphatic carbocycles. The van der Waals surface area contributed by atoms with Crippen molar-refractivity contribution in [1.82, 2.24) is 15.5 Å². The van der Waals surface area contributed by atoms with Gasteiger partial charge in [-0.3, -0.25) is 9.89 Å². The third kappa shape index (κ3) is 2.51. The summed E-state index contributed by atoms with van der Waals surface area (Å²) in [5.74, 6) is 0.906. The Morgan fingerprint density at radius 2 is 2.00 bits per heavy atom. The van der Waals surface area contributed by atoms with Crippen LogP contribution >= 0.6 is 12.4 Å². The van der Waals surface area contributed by atoms with Crippen LogP contribution < -0.4 is 10.1 Å². The van der Waals surface area contributed by atoms with E-state index in [1.807, 2.05) is 24.4 Å². The number of Topliss-reactive ketones (excluding diaryl/α,β-unsaturated/α-hetero) is 1. The van der Waals surface area contributed by atoms with Crippen LogP contribution in [0.25, 0.3) is 11.1 Å². The van der Waals surface area contributed by atoms with Gasteiger partial charge in [-0.25, -0.2) is 0 Å². The molecule has 116 valence electrons. The normalized spacial score (nSPS) is 19.2. The zero-order valence-electron chi connectivity index (χ0n) is 12.1. The van der Waals surface area contributed by atoms with E-state index in [-0.39, 0.29) is 23.8 Å². The zero-order chi connectivity index (χ0) is 14.3. The van der Waals surface area contributed by atoms with Crippen molar-refractivity contribution in [1.29, 1.82) is 0 Å². The number of rotatable bonds is 1. The Labute approximate surface area is 134 Å². The highest BCUT2D eigenvalue weighted by Crippen LogP contribution is 2.39. The van der Waals surface area contributed by atoms with E-state index >= 15 is 0 Å². The highest BCUT2D eigenvalue weighted by molar-refractivity contribution is 6.01. The molecule has 1 spiro atoms. The number of aromatic nitrogens is 2. The van der Waals surface area contributed by atoms with Crippen molar-refractivity contribution in [2.75, 3.05) is 13.1 Å². The topological polar surface area (TPSA) is 67.0 Å². The number of piperidine rings is 1. The number of benzene rings is 1. The van der Waals surface area contributed by atoms with Crippen molar-refractivity contribution in [3.05, 3.63) is 36.2 Å². The molecule has 22 heavy (non-hydrogen) atoms. The summed E-state index contributed by atoms with van der Waals surface area (Å²) in [7, 11) is 0. The van der Waals surface area contributed by atoms with Gasteiger partial charge in [0.15, 0.2) is 5.78 Å². The molecule has 2 aromatic rings. The number of carbonyl (C=O) groups is 1. The molecule has 2 aliphatic heterocycles. The van der Waals surface area contributed by atoms with Gasteiger partial charge in [-0.15, -0.1) is 12.4 Å². The van der Waals surface area contributed by atoms with Crippen LogP contribution in [0.1, 0.15) is 29.6 Å². The number of carbonyl (C=O) groups excluding carboxylic acids is 1. The summed E-state index contributed by atoms with van der Waals surface area (Å²) in [6.45, 7) is 1.82. The fourth-order valence-corrected chi connectivity index (χ4v) is 3.24. The molecule has 6 heteroatoms. The minimum Gasteiger partial charge on any atom is -0.486 e. The van der Waals surface area contributed by atoms with Gasteiger partial charge >= 0.3 is 0 Å². The van der Waals surface area contributed by atoms with E-state index in [9.17, 15) is 4.79 Å². The molecular formula is C16H18ClN3O2. The lowest BCUT2D eigenvalue weighted by Gasteiger charge is -2.40. The number of hydrogen-bond donors (Lipinski definition) is 2. The maximum atomic E-state index is 12.6. The Balaban J connectivity index is 0.00000144. The SMILES string of the molecule is Cl.O=C1CC2(CCNCC2)Oc2ccc(-c3cn[nH]c3)cc21. The first-order valence-corrected chi connectivity index (χ1v) is 7.32. The molecule has 0 radical (unpaired) electrons. The average Bonchev–Trinajstić information content (AvgIpc) is 3.02. The standard InChI is InChI=1S/C16H17N3O2.ClH/c20-14-8-16(3-5-17-6-4-16)21-15-2-1-11(7-13(14)15)12-9-18-19-10-12;/h1-2,7,9-10,17H,3-6,8H2,(H,18,19);1H. The number of halogens is 1. The predicted molar refractivity (Wildman–Crippen MR) is 85.7 cm³/mol. The van der Waals surface area contributed by atoms with Gasteiger partial charge in [0.1, 0.15) is 11.4 Å². The molecule has 0 saturated carbocycles. The van der Waals surface area contributed by atoms with Gasteiger partial charge in [0.2, 0.25) is 0 Å². The molecule has 2 N–H and O–H groups in total. The van der Waals surface area contributed by atoms with Crippen molar-refractivity contribution in [3.8, 4) is 16.9 Å². The summed E-state index contributed by atoms with van der Waals surface area (Å²) >= 11 is 0. The van der Waals surface area contributed by atoms with Crippen LogP contribution in [0, 0.1) is 0 Å². The third-order valence-corrected chi connectivity index (χ3v) is 4.44. The van der Waals surface area contributed by atoms with E-state index in [2.05, 4.69) is 15.5 Å². The van der Waals surface area contributed by atoms with Gasteiger partial charge in [-0.2, -0.15) is 5.10 Å². The smallest absolute Gasteiger partial charge is 0.170 e. The Hall–Kier alpha value is -1.85. The lowest BCUT2D eigenvalue weighted by atomic mass is 9.82. The summed E-state index contributed by atoms with van der Waals surface area (Å²) in [5, 5.41) is 10.1. The van der Waals surface area contributed by atoms with Crippen molar-refractivity contribution >= 4 is 18.2 Å². The second-order valence-electron chi connectivity index (χ2n) is 5.83. The number of H-pyrrole nitrogens is 1. The van der Waals surface area contributed by atoms with Crippen LogP contribution in [-0.2, 0) is 0 Å². The summed E-state index contributed by atoms with van der Waals surface area (Å²) in [4.78, 5) is 12.6. The number of ether oxygens (including phenoxy) is 1. The molecule has 1 aromatic heterocycles. The van der Waals surface area contributed by atoms with Gasteiger partial charge in [-0.1, -0.05) is 6.07 Å². The van der Waals surface area contributed by atoms with Crippen molar-refractivity contribution in [2.45, 2.75) is 24.9 Å². The highest BCUT2D eigenvalue weighted by Gasteiger charge is 2.41. The van der Waals surface area contributed by atoms with Gasteiger partial charge < -0.3 is 10.1 Å². The van der Waals surface area contributed by atoms with Crippen LogP contribution in [-0.4, -0.2) is 34.7 Å². The second-order valence-corrected chi connectivity index (χ2v) is 5.83. The lowest BCUT2D eigenvalue weighted by Crippen LogP contribution is -2.49. The first kappa shape index (κ1) is 15.1. The van der Waals surface area contributed by atoms with Crippen LogP contribution in [0.5, 0.6) is 5.75 Å². The van der Waals surface area contributed by atoms with Gasteiger partial charge in [-0.05, 0) is 30.8 Å². The van der Waals surface area contributed by atoms with Crippen LogP contribution in [0.2, 0.25) is 0 Å². The third-order valence-electron chi connectivity index (χ3n) is 4.44.